The molecule has 2 aliphatic rings. The molecule has 0 amide bonds. The van der Waals surface area contributed by atoms with E-state index in [1.54, 1.807) is 12.5 Å². The zero-order valence-corrected chi connectivity index (χ0v) is 10.3. The molecule has 0 aliphatic heterocycles. The van der Waals surface area contributed by atoms with Crippen LogP contribution in [0, 0.1) is 17.8 Å². The Labute approximate surface area is 106 Å². The molecule has 0 radical (unpaired) electrons. The highest BCUT2D eigenvalue weighted by atomic mass is 16.4. The summed E-state index contributed by atoms with van der Waals surface area (Å²) in [7, 11) is 0. The third-order valence-corrected chi connectivity index (χ3v) is 4.51. The molecule has 1 aromatic rings. The van der Waals surface area contributed by atoms with E-state index in [2.05, 4.69) is 10.3 Å². The summed E-state index contributed by atoms with van der Waals surface area (Å²) >= 11 is 0. The number of aromatic nitrogens is 2. The maximum atomic E-state index is 11.3. The van der Waals surface area contributed by atoms with Crippen molar-refractivity contribution in [1.82, 2.24) is 14.9 Å². The Morgan fingerprint density at radius 1 is 1.44 bits per heavy atom. The third-order valence-electron chi connectivity index (χ3n) is 4.51. The number of rotatable bonds is 5. The number of nitrogens with one attached hydrogen (secondary N) is 1. The number of carboxylic acid groups (broad SMARTS) is 1. The van der Waals surface area contributed by atoms with Gasteiger partial charge < -0.3 is 15.0 Å². The van der Waals surface area contributed by atoms with Gasteiger partial charge in [0.05, 0.1) is 12.2 Å². The van der Waals surface area contributed by atoms with Crippen LogP contribution < -0.4 is 5.32 Å². The Morgan fingerprint density at radius 2 is 2.28 bits per heavy atom. The van der Waals surface area contributed by atoms with Crippen molar-refractivity contribution < 1.29 is 9.90 Å². The van der Waals surface area contributed by atoms with E-state index in [1.807, 2.05) is 10.8 Å². The largest absolute Gasteiger partial charge is 0.481 e. The van der Waals surface area contributed by atoms with Crippen LogP contribution in [0.25, 0.3) is 0 Å². The molecule has 2 aliphatic carbocycles. The van der Waals surface area contributed by atoms with Gasteiger partial charge in [-0.15, -0.1) is 0 Å². The van der Waals surface area contributed by atoms with E-state index in [1.165, 1.54) is 6.42 Å². The molecule has 0 spiro atoms. The number of aliphatic carboxylic acids is 1. The summed E-state index contributed by atoms with van der Waals surface area (Å²) in [6.07, 6.45) is 8.87. The van der Waals surface area contributed by atoms with E-state index >= 15 is 0 Å². The van der Waals surface area contributed by atoms with Crippen molar-refractivity contribution in [2.75, 3.05) is 6.54 Å². The normalized spacial score (nSPS) is 34.0. The van der Waals surface area contributed by atoms with Gasteiger partial charge >= 0.3 is 5.97 Å². The summed E-state index contributed by atoms with van der Waals surface area (Å²) < 4.78 is 2.01. The molecule has 1 aromatic heterocycles. The van der Waals surface area contributed by atoms with Crippen molar-refractivity contribution >= 4 is 5.97 Å². The topological polar surface area (TPSA) is 67.2 Å². The van der Waals surface area contributed by atoms with E-state index < -0.39 is 5.97 Å². The minimum Gasteiger partial charge on any atom is -0.481 e. The number of hydrogen-bond donors (Lipinski definition) is 2. The minimum absolute atomic E-state index is 0.171. The predicted molar refractivity (Wildman–Crippen MR) is 66.0 cm³/mol. The van der Waals surface area contributed by atoms with Crippen LogP contribution in [-0.2, 0) is 11.3 Å². The van der Waals surface area contributed by atoms with Crippen molar-refractivity contribution in [3.63, 3.8) is 0 Å². The monoisotopic (exact) mass is 249 g/mol. The lowest BCUT2D eigenvalue weighted by molar-refractivity contribution is -0.144. The number of fused-ring (bicyclic) bond motifs is 2. The number of imidazole rings is 1. The van der Waals surface area contributed by atoms with Gasteiger partial charge in [0.25, 0.3) is 0 Å². The maximum absolute atomic E-state index is 11.3. The highest BCUT2D eigenvalue weighted by molar-refractivity contribution is 5.72. The van der Waals surface area contributed by atoms with Crippen molar-refractivity contribution in [2.45, 2.75) is 31.8 Å². The Bertz CT molecular complexity index is 418. The lowest BCUT2D eigenvalue weighted by atomic mass is 9.84. The van der Waals surface area contributed by atoms with E-state index in [4.69, 9.17) is 0 Å². The molecule has 1 heterocycles. The first-order chi connectivity index (χ1) is 8.75. The molecule has 2 saturated carbocycles. The Hall–Kier alpha value is -1.36. The van der Waals surface area contributed by atoms with Gasteiger partial charge in [0.15, 0.2) is 0 Å². The molecule has 3 rings (SSSR count). The van der Waals surface area contributed by atoms with Gasteiger partial charge in [0, 0.05) is 31.5 Å². The van der Waals surface area contributed by atoms with Crippen LogP contribution in [0.4, 0.5) is 0 Å². The molecule has 4 unspecified atom stereocenters. The Morgan fingerprint density at radius 3 is 3.00 bits per heavy atom. The molecule has 18 heavy (non-hydrogen) atoms. The van der Waals surface area contributed by atoms with Gasteiger partial charge in [-0.3, -0.25) is 4.79 Å². The molecule has 4 atom stereocenters. The second kappa shape index (κ2) is 4.72. The van der Waals surface area contributed by atoms with Crippen molar-refractivity contribution in [1.29, 1.82) is 0 Å². The van der Waals surface area contributed by atoms with E-state index in [9.17, 15) is 9.90 Å². The molecule has 5 heteroatoms. The lowest BCUT2D eigenvalue weighted by Gasteiger charge is -2.29. The smallest absolute Gasteiger partial charge is 0.308 e. The maximum Gasteiger partial charge on any atom is 0.308 e. The average molecular weight is 249 g/mol. The van der Waals surface area contributed by atoms with Crippen molar-refractivity contribution in [3.05, 3.63) is 18.7 Å². The highest BCUT2D eigenvalue weighted by Crippen LogP contribution is 2.48. The van der Waals surface area contributed by atoms with Crippen LogP contribution in [0.15, 0.2) is 18.7 Å². The first-order valence-electron chi connectivity index (χ1n) is 6.67. The SMILES string of the molecule is O=C(O)C1C2CCC(C2)C1NCCn1ccnc1. The number of carbonyl (C=O) groups is 1. The summed E-state index contributed by atoms with van der Waals surface area (Å²) in [6, 6.07) is 0.171. The summed E-state index contributed by atoms with van der Waals surface area (Å²) in [6.45, 7) is 1.66. The number of nitrogens with zero attached hydrogens (tertiary/aromatic N) is 2. The number of hydrogen-bond acceptors (Lipinski definition) is 3. The van der Waals surface area contributed by atoms with Crippen LogP contribution in [0.2, 0.25) is 0 Å². The summed E-state index contributed by atoms with van der Waals surface area (Å²) in [5.74, 6) is 0.172. The third kappa shape index (κ3) is 2.03. The fourth-order valence-electron chi connectivity index (χ4n) is 3.72. The summed E-state index contributed by atoms with van der Waals surface area (Å²) in [4.78, 5) is 15.3. The van der Waals surface area contributed by atoms with E-state index in [0.717, 1.165) is 25.9 Å². The molecule has 2 bridgehead atoms. The van der Waals surface area contributed by atoms with Crippen molar-refractivity contribution in [3.8, 4) is 0 Å². The molecule has 2 fully saturated rings. The summed E-state index contributed by atoms with van der Waals surface area (Å²) in [5, 5.41) is 12.8. The zero-order valence-electron chi connectivity index (χ0n) is 10.3. The molecule has 0 aromatic carbocycles. The standard InChI is InChI=1S/C13H19N3O2/c17-13(18)11-9-1-2-10(7-9)12(11)15-4-6-16-5-3-14-8-16/h3,5,8-12,15H,1-2,4,6-7H2,(H,17,18). The molecule has 98 valence electrons. The average Bonchev–Trinajstić information content (AvgIpc) is 3.04. The van der Waals surface area contributed by atoms with Crippen LogP contribution in [0.3, 0.4) is 0 Å². The van der Waals surface area contributed by atoms with Gasteiger partial charge in [-0.1, -0.05) is 0 Å². The van der Waals surface area contributed by atoms with Gasteiger partial charge in [-0.2, -0.15) is 0 Å². The Balaban J connectivity index is 1.56. The second-order valence-corrected chi connectivity index (χ2v) is 5.48. The molecule has 0 saturated heterocycles. The first-order valence-corrected chi connectivity index (χ1v) is 6.67. The quantitative estimate of drug-likeness (QED) is 0.816. The molecular weight excluding hydrogens is 230 g/mol. The van der Waals surface area contributed by atoms with Gasteiger partial charge in [0.2, 0.25) is 0 Å². The van der Waals surface area contributed by atoms with Gasteiger partial charge in [-0.25, -0.2) is 4.98 Å². The second-order valence-electron chi connectivity index (χ2n) is 5.48. The van der Waals surface area contributed by atoms with Crippen LogP contribution in [-0.4, -0.2) is 33.2 Å². The van der Waals surface area contributed by atoms with Crippen molar-refractivity contribution in [2.24, 2.45) is 17.8 Å². The molecular formula is C13H19N3O2. The highest BCUT2D eigenvalue weighted by Gasteiger charge is 2.50. The fraction of sp³-hybridized carbons (Fsp3) is 0.692. The fourth-order valence-corrected chi connectivity index (χ4v) is 3.72. The van der Waals surface area contributed by atoms with Crippen LogP contribution in [0.1, 0.15) is 19.3 Å². The predicted octanol–water partition coefficient (Wildman–Crippen LogP) is 0.972. The lowest BCUT2D eigenvalue weighted by Crippen LogP contribution is -2.45. The minimum atomic E-state index is -0.623. The van der Waals surface area contributed by atoms with Gasteiger partial charge in [-0.05, 0) is 31.1 Å². The van der Waals surface area contributed by atoms with Gasteiger partial charge in [0.1, 0.15) is 0 Å². The molecule has 5 nitrogen and oxygen atoms in total. The Kier molecular flexibility index (Phi) is 3.07. The van der Waals surface area contributed by atoms with Crippen LogP contribution >= 0.6 is 0 Å². The number of carboxylic acids is 1. The van der Waals surface area contributed by atoms with E-state index in [-0.39, 0.29) is 12.0 Å². The van der Waals surface area contributed by atoms with Crippen LogP contribution in [0.5, 0.6) is 0 Å². The molecule has 2 N–H and O–H groups in total. The van der Waals surface area contributed by atoms with E-state index in [0.29, 0.717) is 11.8 Å². The summed E-state index contributed by atoms with van der Waals surface area (Å²) in [5.41, 5.74) is 0. The first kappa shape index (κ1) is 11.7. The zero-order chi connectivity index (χ0) is 12.5.